The number of thiazole rings is 1. The Kier molecular flexibility index (Phi) is 15.7. The van der Waals surface area contributed by atoms with E-state index in [-0.39, 0.29) is 63.1 Å². The molecule has 0 aliphatic carbocycles. The monoisotopic (exact) mass is 1040 g/mol. The van der Waals surface area contributed by atoms with Gasteiger partial charge in [-0.2, -0.15) is 0 Å². The molecule has 19 heteroatoms. The third-order valence-corrected chi connectivity index (χ3v) is 15.5. The van der Waals surface area contributed by atoms with E-state index in [2.05, 4.69) is 45.0 Å². The van der Waals surface area contributed by atoms with Crippen molar-refractivity contribution < 1.29 is 33.4 Å². The molecule has 3 aromatic heterocycles. The van der Waals surface area contributed by atoms with Gasteiger partial charge in [-0.3, -0.25) is 28.7 Å². The number of likely N-dealkylation sites (tertiary alicyclic amines) is 1. The zero-order valence-corrected chi connectivity index (χ0v) is 43.9. The molecule has 6 aromatic rings. The van der Waals surface area contributed by atoms with Gasteiger partial charge >= 0.3 is 0 Å². The smallest absolute Gasteiger partial charge is 0.246 e. The van der Waals surface area contributed by atoms with Gasteiger partial charge in [0.1, 0.15) is 47.1 Å². The van der Waals surface area contributed by atoms with Crippen LogP contribution in [-0.2, 0) is 25.6 Å². The number of aliphatic hydroxyl groups excluding tert-OH is 1. The van der Waals surface area contributed by atoms with Crippen LogP contribution < -0.4 is 20.7 Å². The van der Waals surface area contributed by atoms with Crippen molar-refractivity contribution in [2.75, 3.05) is 19.7 Å². The molecule has 1 saturated heterocycles. The van der Waals surface area contributed by atoms with Gasteiger partial charge < -0.3 is 30.7 Å². The number of carbonyl (C=O) groups excluding carboxylic acids is 4. The van der Waals surface area contributed by atoms with Crippen LogP contribution in [0.15, 0.2) is 77.2 Å². The number of halogens is 2. The Morgan fingerprint density at radius 3 is 2.38 bits per heavy atom. The lowest BCUT2D eigenvalue weighted by Crippen LogP contribution is -2.57. The van der Waals surface area contributed by atoms with Crippen molar-refractivity contribution in [1.82, 2.24) is 40.6 Å². The minimum atomic E-state index is -1.03. The fourth-order valence-electron chi connectivity index (χ4n) is 9.09. The van der Waals surface area contributed by atoms with Crippen molar-refractivity contribution in [3.8, 4) is 21.2 Å². The Balaban J connectivity index is 0.848. The maximum Gasteiger partial charge on any atom is 0.246 e. The first kappa shape index (κ1) is 52.0. The van der Waals surface area contributed by atoms with Crippen LogP contribution in [-0.4, -0.2) is 97.0 Å². The van der Waals surface area contributed by atoms with Crippen molar-refractivity contribution in [3.63, 3.8) is 0 Å². The number of benzene rings is 3. The summed E-state index contributed by atoms with van der Waals surface area (Å²) in [5, 5.41) is 29.9. The minimum Gasteiger partial charge on any atom is -0.492 e. The second-order valence-corrected chi connectivity index (χ2v) is 22.0. The maximum atomic E-state index is 15.0. The van der Waals surface area contributed by atoms with Crippen LogP contribution in [0.25, 0.3) is 15.4 Å². The Morgan fingerprint density at radius 1 is 0.958 bits per heavy atom. The topological polar surface area (TPSA) is 193 Å². The number of β-amino-alcohol motifs (C(OH)–C–C–N with tert-alkyl or cyclic N) is 1. The summed E-state index contributed by atoms with van der Waals surface area (Å²) in [6.45, 7) is 15.3. The summed E-state index contributed by atoms with van der Waals surface area (Å²) in [6.07, 6.45) is -0.831. The minimum absolute atomic E-state index is 0.0178. The molecule has 0 bridgehead atoms. The number of hydrogen-bond donors (Lipinski definition) is 4. The maximum absolute atomic E-state index is 15.0. The van der Waals surface area contributed by atoms with E-state index < -0.39 is 53.2 Å². The van der Waals surface area contributed by atoms with Crippen molar-refractivity contribution in [2.45, 2.75) is 111 Å². The molecular formula is C53H59ClFN9O6S2. The number of aromatic nitrogens is 4. The van der Waals surface area contributed by atoms with Crippen molar-refractivity contribution in [2.24, 2.45) is 10.4 Å². The molecule has 8 rings (SSSR count). The summed E-state index contributed by atoms with van der Waals surface area (Å²) < 4.78 is 22.8. The summed E-state index contributed by atoms with van der Waals surface area (Å²) in [6, 6.07) is 16.5. The van der Waals surface area contributed by atoms with Gasteiger partial charge in [-0.15, -0.1) is 32.9 Å². The van der Waals surface area contributed by atoms with Gasteiger partial charge in [-0.25, -0.2) is 9.37 Å². The average Bonchev–Trinajstić information content (AvgIpc) is 4.10. The van der Waals surface area contributed by atoms with Crippen molar-refractivity contribution >= 4 is 63.6 Å². The van der Waals surface area contributed by atoms with Gasteiger partial charge in [0.25, 0.3) is 0 Å². The van der Waals surface area contributed by atoms with Crippen LogP contribution in [0.4, 0.5) is 4.39 Å². The predicted octanol–water partition coefficient (Wildman–Crippen LogP) is 8.26. The standard InChI is InChI=1S/C53H59ClFN9O6S2/c1-28-31(4)72-52-45(28)46(35-14-16-37(54)17-15-35)59-41(49-62-61-32(5)64(49)52)25-44(67)56-19-20-70-40-22-33(21-38(55)23-40)9-18-43(66)60-48(53(6,7)8)51(69)63-26-39(65)24-42(63)50(68)58-29(2)34-10-12-36(13-11-34)47-30(3)57-27-71-47/h10-17,21-23,27,29,39,41-42,48,65H,9,18-20,24-26H2,1-8H3,(H,56,67)(H,58,68)(H,60,66)/t29-,39+,41-,42-,48?/m0/s1. The highest BCUT2D eigenvalue weighted by Gasteiger charge is 2.45. The third-order valence-electron chi connectivity index (χ3n) is 13.1. The molecule has 4 amide bonds. The number of ether oxygens (including phenoxy) is 1. The van der Waals surface area contributed by atoms with E-state index in [1.54, 1.807) is 34.3 Å². The molecule has 378 valence electrons. The molecule has 0 saturated carbocycles. The van der Waals surface area contributed by atoms with Crippen molar-refractivity contribution in [3.05, 3.63) is 133 Å². The molecule has 5 atom stereocenters. The SMILES string of the molecule is Cc1ncsc1-c1ccc([C@H](C)NC(=O)[C@@H]2C[C@@H](O)CN2C(=O)C(NC(=O)CCc2cc(F)cc(OCCNC(=O)C[C@@H]3N=C(c4ccc(Cl)cc4)c4c(sc(C)c4C)-n4c(C)nnc43)c2)C(C)(C)C)cc1. The Hall–Kier alpha value is -6.34. The number of amides is 4. The van der Waals surface area contributed by atoms with Crippen LogP contribution in [0.3, 0.4) is 0 Å². The Morgan fingerprint density at radius 2 is 1.68 bits per heavy atom. The number of aliphatic imine (C=N–C) groups is 1. The van der Waals surface area contributed by atoms with Gasteiger partial charge in [0.2, 0.25) is 23.6 Å². The number of rotatable bonds is 16. The largest absolute Gasteiger partial charge is 0.492 e. The highest BCUT2D eigenvalue weighted by Crippen LogP contribution is 2.40. The molecule has 1 fully saturated rings. The van der Waals surface area contributed by atoms with Gasteiger partial charge in [-0.05, 0) is 93.0 Å². The quantitative estimate of drug-likeness (QED) is 0.0691. The number of hydrogen-bond acceptors (Lipinski definition) is 12. The van der Waals surface area contributed by atoms with E-state index >= 15 is 0 Å². The number of thiophene rings is 1. The summed E-state index contributed by atoms with van der Waals surface area (Å²) in [5.74, 6) is -0.735. The average molecular weight is 1040 g/mol. The van der Waals surface area contributed by atoms with Crippen LogP contribution in [0.2, 0.25) is 5.02 Å². The van der Waals surface area contributed by atoms with Gasteiger partial charge in [-0.1, -0.05) is 68.8 Å². The van der Waals surface area contributed by atoms with Crippen LogP contribution in [0.5, 0.6) is 5.75 Å². The first-order valence-corrected chi connectivity index (χ1v) is 26.0. The number of aryl methyl sites for hydroxylation is 4. The number of nitrogens with zero attached hydrogens (tertiary/aromatic N) is 6. The highest BCUT2D eigenvalue weighted by molar-refractivity contribution is 7.15. The molecule has 2 aliphatic rings. The first-order valence-electron chi connectivity index (χ1n) is 23.9. The summed E-state index contributed by atoms with van der Waals surface area (Å²) in [5.41, 5.74) is 8.02. The van der Waals surface area contributed by atoms with Crippen LogP contribution in [0, 0.1) is 38.9 Å². The highest BCUT2D eigenvalue weighted by atomic mass is 35.5. The number of carbonyl (C=O) groups is 4. The van der Waals surface area contributed by atoms with Crippen LogP contribution in [0.1, 0.15) is 109 Å². The molecule has 3 aromatic carbocycles. The molecule has 15 nitrogen and oxygen atoms in total. The van der Waals surface area contributed by atoms with Gasteiger partial charge in [0.15, 0.2) is 5.82 Å². The lowest BCUT2D eigenvalue weighted by atomic mass is 9.85. The molecule has 2 aliphatic heterocycles. The molecule has 1 unspecified atom stereocenters. The van der Waals surface area contributed by atoms with E-state index in [4.69, 9.17) is 21.3 Å². The van der Waals surface area contributed by atoms with Crippen LogP contribution >= 0.6 is 34.3 Å². The van der Waals surface area contributed by atoms with E-state index in [1.807, 2.05) is 94.6 Å². The predicted molar refractivity (Wildman–Crippen MR) is 277 cm³/mol. The fourth-order valence-corrected chi connectivity index (χ4v) is 11.2. The molecule has 72 heavy (non-hydrogen) atoms. The van der Waals surface area contributed by atoms with Gasteiger partial charge in [0.05, 0.1) is 46.9 Å². The lowest BCUT2D eigenvalue weighted by Gasteiger charge is -2.35. The van der Waals surface area contributed by atoms with Crippen molar-refractivity contribution in [1.29, 1.82) is 0 Å². The molecule has 0 radical (unpaired) electrons. The normalized spacial score (nSPS) is 17.3. The number of nitrogens with one attached hydrogen (secondary N) is 3. The zero-order chi connectivity index (χ0) is 51.6. The summed E-state index contributed by atoms with van der Waals surface area (Å²) in [4.78, 5) is 68.1. The Labute approximate surface area is 431 Å². The summed E-state index contributed by atoms with van der Waals surface area (Å²) in [7, 11) is 0. The molecule has 0 spiro atoms. The summed E-state index contributed by atoms with van der Waals surface area (Å²) >= 11 is 9.43. The Bertz CT molecular complexity index is 3020. The first-order chi connectivity index (χ1) is 34.2. The lowest BCUT2D eigenvalue weighted by molar-refractivity contribution is -0.144. The fraction of sp³-hybridized carbons (Fsp3) is 0.396. The molecular weight excluding hydrogens is 977 g/mol. The van der Waals surface area contributed by atoms with E-state index in [1.165, 1.54) is 17.0 Å². The zero-order valence-electron chi connectivity index (χ0n) is 41.5. The second-order valence-electron chi connectivity index (χ2n) is 19.5. The van der Waals surface area contributed by atoms with Gasteiger partial charge in [0, 0.05) is 46.5 Å². The number of aliphatic hydroxyl groups is 1. The van der Waals surface area contributed by atoms with E-state index in [0.29, 0.717) is 22.2 Å². The molecule has 5 heterocycles. The van der Waals surface area contributed by atoms with E-state index in [0.717, 1.165) is 54.0 Å². The molecule has 4 N–H and O–H groups in total. The number of fused-ring (bicyclic) bond motifs is 3. The second kappa shape index (κ2) is 21.8. The van der Waals surface area contributed by atoms with E-state index in [9.17, 15) is 28.7 Å². The third kappa shape index (κ3) is 11.6.